The Morgan fingerprint density at radius 1 is 1.12 bits per heavy atom. The maximum atomic E-state index is 12.6. The largest absolute Gasteiger partial charge is 0.365 e. The lowest BCUT2D eigenvalue weighted by atomic mass is 9.69. The normalized spacial score (nSPS) is 19.8. The van der Waals surface area contributed by atoms with Gasteiger partial charge in [-0.15, -0.1) is 0 Å². The number of aromatic nitrogens is 3. The van der Waals surface area contributed by atoms with Crippen LogP contribution in [0.25, 0.3) is 0 Å². The minimum Gasteiger partial charge on any atom is -0.365 e. The summed E-state index contributed by atoms with van der Waals surface area (Å²) in [6, 6.07) is 4.62. The highest BCUT2D eigenvalue weighted by Crippen LogP contribution is 2.39. The van der Waals surface area contributed by atoms with E-state index in [9.17, 15) is 4.79 Å². The predicted octanol–water partition coefficient (Wildman–Crippen LogP) is 3.29. The van der Waals surface area contributed by atoms with E-state index in [0.29, 0.717) is 11.9 Å². The van der Waals surface area contributed by atoms with Gasteiger partial charge in [0.25, 0.3) is 5.56 Å². The van der Waals surface area contributed by atoms with E-state index in [4.69, 9.17) is 0 Å². The molecule has 0 bridgehead atoms. The standard InChI is InChI=1S/C19H24N4O/c24-18-17(21-12-13-23(18)16-4-5-16)22-14-19(8-2-1-3-9-19)15-6-10-20-11-7-15/h6-7,10-13,16H,1-5,8-9,14H2,(H,21,22). The molecule has 2 fully saturated rings. The van der Waals surface area contributed by atoms with Gasteiger partial charge in [-0.2, -0.15) is 0 Å². The van der Waals surface area contributed by atoms with Crippen LogP contribution < -0.4 is 10.9 Å². The number of nitrogens with one attached hydrogen (secondary N) is 1. The van der Waals surface area contributed by atoms with Gasteiger partial charge in [-0.1, -0.05) is 19.3 Å². The molecule has 4 rings (SSSR count). The zero-order valence-electron chi connectivity index (χ0n) is 13.9. The molecule has 5 heteroatoms. The van der Waals surface area contributed by atoms with Crippen LogP contribution in [-0.4, -0.2) is 21.1 Å². The van der Waals surface area contributed by atoms with Crippen molar-refractivity contribution in [2.45, 2.75) is 56.4 Å². The maximum Gasteiger partial charge on any atom is 0.293 e. The molecule has 2 aromatic heterocycles. The van der Waals surface area contributed by atoms with E-state index in [1.165, 1.54) is 24.8 Å². The van der Waals surface area contributed by atoms with Crippen molar-refractivity contribution in [1.82, 2.24) is 14.5 Å². The van der Waals surface area contributed by atoms with Gasteiger partial charge in [-0.25, -0.2) is 4.98 Å². The lowest BCUT2D eigenvalue weighted by Crippen LogP contribution is -2.38. The Morgan fingerprint density at radius 2 is 1.88 bits per heavy atom. The SMILES string of the molecule is O=c1c(NCC2(c3ccncc3)CCCCC2)nccn1C1CC1. The van der Waals surface area contributed by atoms with Gasteiger partial charge < -0.3 is 9.88 Å². The third-order valence-electron chi connectivity index (χ3n) is 5.51. The Balaban J connectivity index is 1.58. The molecule has 0 spiro atoms. The van der Waals surface area contributed by atoms with Crippen LogP contribution in [0.5, 0.6) is 0 Å². The van der Waals surface area contributed by atoms with Gasteiger partial charge in [0.1, 0.15) is 0 Å². The molecule has 24 heavy (non-hydrogen) atoms. The Kier molecular flexibility index (Phi) is 4.08. The molecular formula is C19H24N4O. The second kappa shape index (κ2) is 6.38. The van der Waals surface area contributed by atoms with Gasteiger partial charge >= 0.3 is 0 Å². The molecule has 126 valence electrons. The van der Waals surface area contributed by atoms with Crippen molar-refractivity contribution >= 4 is 5.82 Å². The average molecular weight is 324 g/mol. The van der Waals surface area contributed by atoms with Gasteiger partial charge in [0.15, 0.2) is 5.82 Å². The predicted molar refractivity (Wildman–Crippen MR) is 94.3 cm³/mol. The Morgan fingerprint density at radius 3 is 2.58 bits per heavy atom. The Hall–Kier alpha value is -2.17. The molecule has 0 amide bonds. The third kappa shape index (κ3) is 2.95. The van der Waals surface area contributed by atoms with Crippen molar-refractivity contribution in [3.8, 4) is 0 Å². The van der Waals surface area contributed by atoms with Gasteiger partial charge in [-0.05, 0) is 43.4 Å². The fourth-order valence-corrected chi connectivity index (χ4v) is 3.94. The first-order chi connectivity index (χ1) is 11.8. The van der Waals surface area contributed by atoms with E-state index in [2.05, 4.69) is 27.4 Å². The molecule has 5 nitrogen and oxygen atoms in total. The highest BCUT2D eigenvalue weighted by Gasteiger charge is 2.34. The van der Waals surface area contributed by atoms with Gasteiger partial charge in [0, 0.05) is 42.8 Å². The fraction of sp³-hybridized carbons (Fsp3) is 0.526. The molecule has 0 aliphatic heterocycles. The first-order valence-electron chi connectivity index (χ1n) is 9.00. The quantitative estimate of drug-likeness (QED) is 0.917. The molecule has 0 unspecified atom stereocenters. The first kappa shape index (κ1) is 15.4. The molecule has 2 aromatic rings. The van der Waals surface area contributed by atoms with Crippen molar-refractivity contribution in [2.24, 2.45) is 0 Å². The van der Waals surface area contributed by atoms with E-state index in [1.807, 2.05) is 23.2 Å². The molecule has 1 N–H and O–H groups in total. The lowest BCUT2D eigenvalue weighted by Gasteiger charge is -2.38. The summed E-state index contributed by atoms with van der Waals surface area (Å²) >= 11 is 0. The number of hydrogen-bond acceptors (Lipinski definition) is 4. The summed E-state index contributed by atoms with van der Waals surface area (Å²) in [4.78, 5) is 21.0. The highest BCUT2D eigenvalue weighted by molar-refractivity contribution is 5.35. The number of hydrogen-bond donors (Lipinski definition) is 1. The number of rotatable bonds is 5. The van der Waals surface area contributed by atoms with Crippen LogP contribution in [0.4, 0.5) is 5.82 Å². The Bertz CT molecular complexity index is 745. The topological polar surface area (TPSA) is 59.8 Å². The van der Waals surface area contributed by atoms with E-state index in [0.717, 1.165) is 32.2 Å². The maximum absolute atomic E-state index is 12.6. The molecular weight excluding hydrogens is 300 g/mol. The van der Waals surface area contributed by atoms with Crippen molar-refractivity contribution in [2.75, 3.05) is 11.9 Å². The first-order valence-corrected chi connectivity index (χ1v) is 9.00. The van der Waals surface area contributed by atoms with Crippen LogP contribution in [0.3, 0.4) is 0 Å². The van der Waals surface area contributed by atoms with Crippen molar-refractivity contribution < 1.29 is 0 Å². The van der Waals surface area contributed by atoms with Gasteiger partial charge in [0.05, 0.1) is 0 Å². The van der Waals surface area contributed by atoms with Crippen LogP contribution in [-0.2, 0) is 5.41 Å². The van der Waals surface area contributed by atoms with Crippen LogP contribution in [0, 0.1) is 0 Å². The van der Waals surface area contributed by atoms with Crippen LogP contribution >= 0.6 is 0 Å². The summed E-state index contributed by atoms with van der Waals surface area (Å²) in [6.45, 7) is 0.758. The summed E-state index contributed by atoms with van der Waals surface area (Å²) in [5.41, 5.74) is 1.42. The molecule has 2 saturated carbocycles. The van der Waals surface area contributed by atoms with E-state index < -0.39 is 0 Å². The van der Waals surface area contributed by atoms with Gasteiger partial charge in [0.2, 0.25) is 0 Å². The second-order valence-corrected chi connectivity index (χ2v) is 7.15. The van der Waals surface area contributed by atoms with E-state index in [1.54, 1.807) is 6.20 Å². The van der Waals surface area contributed by atoms with E-state index >= 15 is 0 Å². The summed E-state index contributed by atoms with van der Waals surface area (Å²) in [6.07, 6.45) is 15.5. The second-order valence-electron chi connectivity index (χ2n) is 7.15. The monoisotopic (exact) mass is 324 g/mol. The molecule has 2 aliphatic rings. The Labute approximate surface area is 142 Å². The lowest BCUT2D eigenvalue weighted by molar-refractivity contribution is 0.307. The fourth-order valence-electron chi connectivity index (χ4n) is 3.94. The smallest absolute Gasteiger partial charge is 0.293 e. The summed E-state index contributed by atoms with van der Waals surface area (Å²) in [5, 5.41) is 3.38. The van der Waals surface area contributed by atoms with Crippen molar-refractivity contribution in [3.63, 3.8) is 0 Å². The molecule has 0 saturated heterocycles. The molecule has 0 radical (unpaired) electrons. The number of nitrogens with zero attached hydrogens (tertiary/aromatic N) is 3. The third-order valence-corrected chi connectivity index (χ3v) is 5.51. The zero-order chi connectivity index (χ0) is 16.4. The molecule has 2 heterocycles. The van der Waals surface area contributed by atoms with Crippen molar-refractivity contribution in [1.29, 1.82) is 0 Å². The highest BCUT2D eigenvalue weighted by atomic mass is 16.1. The number of anilines is 1. The molecule has 2 aliphatic carbocycles. The average Bonchev–Trinajstić information content (AvgIpc) is 3.47. The molecule has 0 atom stereocenters. The molecule has 0 aromatic carbocycles. The minimum atomic E-state index is 0.0145. The van der Waals surface area contributed by atoms with Crippen molar-refractivity contribution in [3.05, 3.63) is 52.8 Å². The summed E-state index contributed by atoms with van der Waals surface area (Å²) in [5.74, 6) is 0.489. The van der Waals surface area contributed by atoms with Crippen LogP contribution in [0.1, 0.15) is 56.6 Å². The summed E-state index contributed by atoms with van der Waals surface area (Å²) < 4.78 is 1.83. The summed E-state index contributed by atoms with van der Waals surface area (Å²) in [7, 11) is 0. The number of pyridine rings is 1. The zero-order valence-corrected chi connectivity index (χ0v) is 13.9. The minimum absolute atomic E-state index is 0.0145. The van der Waals surface area contributed by atoms with Crippen LogP contribution in [0.2, 0.25) is 0 Å². The van der Waals surface area contributed by atoms with Crippen LogP contribution in [0.15, 0.2) is 41.7 Å². The van der Waals surface area contributed by atoms with Gasteiger partial charge in [-0.3, -0.25) is 9.78 Å². The van der Waals surface area contributed by atoms with E-state index in [-0.39, 0.29) is 11.0 Å².